The van der Waals surface area contributed by atoms with Crippen LogP contribution in [0.1, 0.15) is 64.2 Å². The quantitative estimate of drug-likeness (QED) is 0.797. The van der Waals surface area contributed by atoms with Gasteiger partial charge in [0.05, 0.1) is 6.04 Å². The van der Waals surface area contributed by atoms with Gasteiger partial charge in [-0.2, -0.15) is 0 Å². The van der Waals surface area contributed by atoms with Crippen molar-refractivity contribution in [2.75, 3.05) is 0 Å². The SMILES string of the molecule is O=C(C1CCCC1)C1CCC2CCCCC2N1. The lowest BCUT2D eigenvalue weighted by Crippen LogP contribution is -2.53. The van der Waals surface area contributed by atoms with Crippen LogP contribution in [-0.2, 0) is 4.79 Å². The van der Waals surface area contributed by atoms with E-state index in [2.05, 4.69) is 5.32 Å². The second-order valence-corrected chi connectivity index (χ2v) is 6.33. The average molecular weight is 235 g/mol. The molecule has 0 radical (unpaired) electrons. The molecule has 2 heteroatoms. The second kappa shape index (κ2) is 5.09. The number of piperidine rings is 1. The molecular weight excluding hydrogens is 210 g/mol. The van der Waals surface area contributed by atoms with Crippen LogP contribution in [0.5, 0.6) is 0 Å². The third-order valence-electron chi connectivity index (χ3n) is 5.25. The predicted molar refractivity (Wildman–Crippen MR) is 68.9 cm³/mol. The summed E-state index contributed by atoms with van der Waals surface area (Å²) in [7, 11) is 0. The average Bonchev–Trinajstić information content (AvgIpc) is 2.91. The number of ketones is 1. The van der Waals surface area contributed by atoms with Crippen LogP contribution in [0.2, 0.25) is 0 Å². The van der Waals surface area contributed by atoms with Gasteiger partial charge in [-0.1, -0.05) is 25.7 Å². The van der Waals surface area contributed by atoms with Crippen LogP contribution in [0.3, 0.4) is 0 Å². The maximum atomic E-state index is 12.4. The monoisotopic (exact) mass is 235 g/mol. The Labute approximate surface area is 105 Å². The minimum Gasteiger partial charge on any atom is -0.304 e. The number of hydrogen-bond acceptors (Lipinski definition) is 2. The molecule has 3 aliphatic rings. The molecule has 3 fully saturated rings. The zero-order valence-electron chi connectivity index (χ0n) is 10.8. The zero-order valence-corrected chi connectivity index (χ0v) is 10.8. The predicted octanol–water partition coefficient (Wildman–Crippen LogP) is 3.06. The van der Waals surface area contributed by atoms with Gasteiger partial charge in [0.2, 0.25) is 0 Å². The Morgan fingerprint density at radius 1 is 0.824 bits per heavy atom. The lowest BCUT2D eigenvalue weighted by atomic mass is 9.76. The molecule has 3 rings (SSSR count). The van der Waals surface area contributed by atoms with Crippen molar-refractivity contribution in [3.05, 3.63) is 0 Å². The van der Waals surface area contributed by atoms with Gasteiger partial charge in [-0.05, 0) is 44.4 Å². The molecule has 2 aliphatic carbocycles. The van der Waals surface area contributed by atoms with Crippen LogP contribution >= 0.6 is 0 Å². The van der Waals surface area contributed by atoms with Crippen molar-refractivity contribution in [2.45, 2.75) is 76.3 Å². The number of Topliss-reactive ketones (excluding diaryl/α,β-unsaturated/α-hetero) is 1. The summed E-state index contributed by atoms with van der Waals surface area (Å²) in [6.45, 7) is 0. The fraction of sp³-hybridized carbons (Fsp3) is 0.933. The molecule has 96 valence electrons. The summed E-state index contributed by atoms with van der Waals surface area (Å²) in [6.07, 6.45) is 12.7. The Hall–Kier alpha value is -0.370. The molecule has 1 N–H and O–H groups in total. The molecule has 1 aliphatic heterocycles. The smallest absolute Gasteiger partial charge is 0.152 e. The zero-order chi connectivity index (χ0) is 11.7. The van der Waals surface area contributed by atoms with E-state index in [1.165, 1.54) is 44.9 Å². The van der Waals surface area contributed by atoms with Crippen molar-refractivity contribution >= 4 is 5.78 Å². The van der Waals surface area contributed by atoms with E-state index in [-0.39, 0.29) is 6.04 Å². The molecule has 0 aromatic heterocycles. The first kappa shape index (κ1) is 11.7. The maximum absolute atomic E-state index is 12.4. The topological polar surface area (TPSA) is 29.1 Å². The van der Waals surface area contributed by atoms with Gasteiger partial charge >= 0.3 is 0 Å². The number of carbonyl (C=O) groups is 1. The molecule has 17 heavy (non-hydrogen) atoms. The molecule has 2 saturated carbocycles. The van der Waals surface area contributed by atoms with Gasteiger partial charge in [0.1, 0.15) is 0 Å². The van der Waals surface area contributed by atoms with E-state index >= 15 is 0 Å². The van der Waals surface area contributed by atoms with E-state index in [0.717, 1.165) is 25.2 Å². The Balaban J connectivity index is 1.59. The van der Waals surface area contributed by atoms with Crippen molar-refractivity contribution in [1.29, 1.82) is 0 Å². The number of carbonyl (C=O) groups excluding carboxylic acids is 1. The summed E-state index contributed by atoms with van der Waals surface area (Å²) in [6, 6.07) is 0.866. The third kappa shape index (κ3) is 2.42. The summed E-state index contributed by atoms with van der Waals surface area (Å²) in [5, 5.41) is 3.68. The molecule has 3 atom stereocenters. The van der Waals surface area contributed by atoms with Gasteiger partial charge < -0.3 is 5.32 Å². The summed E-state index contributed by atoms with van der Waals surface area (Å²) >= 11 is 0. The summed E-state index contributed by atoms with van der Waals surface area (Å²) in [4.78, 5) is 12.4. The molecule has 0 aromatic rings. The van der Waals surface area contributed by atoms with Crippen molar-refractivity contribution in [3.8, 4) is 0 Å². The molecule has 3 unspecified atom stereocenters. The van der Waals surface area contributed by atoms with Gasteiger partial charge in [0.15, 0.2) is 5.78 Å². The molecule has 1 saturated heterocycles. The second-order valence-electron chi connectivity index (χ2n) is 6.33. The molecule has 0 amide bonds. The molecule has 0 bridgehead atoms. The van der Waals surface area contributed by atoms with Crippen LogP contribution in [-0.4, -0.2) is 17.9 Å². The first-order valence-corrected chi connectivity index (χ1v) is 7.64. The van der Waals surface area contributed by atoms with Crippen molar-refractivity contribution in [1.82, 2.24) is 5.32 Å². The first-order chi connectivity index (χ1) is 8.34. The summed E-state index contributed by atoms with van der Waals surface area (Å²) < 4.78 is 0. The summed E-state index contributed by atoms with van der Waals surface area (Å²) in [5.74, 6) is 1.82. The highest BCUT2D eigenvalue weighted by molar-refractivity contribution is 5.86. The van der Waals surface area contributed by atoms with Crippen molar-refractivity contribution in [3.63, 3.8) is 0 Å². The summed E-state index contributed by atoms with van der Waals surface area (Å²) in [5.41, 5.74) is 0. The van der Waals surface area contributed by atoms with E-state index in [4.69, 9.17) is 0 Å². The fourth-order valence-corrected chi connectivity index (χ4v) is 4.21. The van der Waals surface area contributed by atoms with Crippen LogP contribution in [0, 0.1) is 11.8 Å². The molecule has 1 heterocycles. The number of fused-ring (bicyclic) bond motifs is 1. The third-order valence-corrected chi connectivity index (χ3v) is 5.25. The van der Waals surface area contributed by atoms with Gasteiger partial charge in [-0.15, -0.1) is 0 Å². The number of hydrogen-bond donors (Lipinski definition) is 1. The van der Waals surface area contributed by atoms with E-state index < -0.39 is 0 Å². The largest absolute Gasteiger partial charge is 0.304 e. The Morgan fingerprint density at radius 2 is 1.53 bits per heavy atom. The van der Waals surface area contributed by atoms with Crippen LogP contribution in [0.25, 0.3) is 0 Å². The van der Waals surface area contributed by atoms with E-state index in [1.54, 1.807) is 0 Å². The van der Waals surface area contributed by atoms with Gasteiger partial charge in [0, 0.05) is 12.0 Å². The molecular formula is C15H25NO. The van der Waals surface area contributed by atoms with Gasteiger partial charge in [0.25, 0.3) is 0 Å². The van der Waals surface area contributed by atoms with Gasteiger partial charge in [-0.25, -0.2) is 0 Å². The van der Waals surface area contributed by atoms with E-state index in [0.29, 0.717) is 17.7 Å². The Morgan fingerprint density at radius 3 is 2.35 bits per heavy atom. The fourth-order valence-electron chi connectivity index (χ4n) is 4.21. The van der Waals surface area contributed by atoms with Crippen LogP contribution in [0.15, 0.2) is 0 Å². The highest BCUT2D eigenvalue weighted by atomic mass is 16.1. The van der Waals surface area contributed by atoms with Gasteiger partial charge in [-0.3, -0.25) is 4.79 Å². The highest BCUT2D eigenvalue weighted by Gasteiger charge is 2.37. The minimum atomic E-state index is 0.206. The lowest BCUT2D eigenvalue weighted by molar-refractivity contribution is -0.126. The van der Waals surface area contributed by atoms with Crippen LogP contribution in [0.4, 0.5) is 0 Å². The van der Waals surface area contributed by atoms with E-state index in [9.17, 15) is 4.79 Å². The standard InChI is InChI=1S/C15H25NO/c17-15(12-6-1-2-7-12)14-10-9-11-5-3-4-8-13(11)16-14/h11-14,16H,1-10H2. The Kier molecular flexibility index (Phi) is 3.51. The minimum absolute atomic E-state index is 0.206. The maximum Gasteiger partial charge on any atom is 0.152 e. The van der Waals surface area contributed by atoms with Crippen molar-refractivity contribution < 1.29 is 4.79 Å². The molecule has 0 spiro atoms. The normalized spacial score (nSPS) is 38.9. The molecule has 2 nitrogen and oxygen atoms in total. The molecule has 0 aromatic carbocycles. The van der Waals surface area contributed by atoms with Crippen molar-refractivity contribution in [2.24, 2.45) is 11.8 Å². The first-order valence-electron chi connectivity index (χ1n) is 7.64. The van der Waals surface area contributed by atoms with E-state index in [1.807, 2.05) is 0 Å². The Bertz CT molecular complexity index is 283. The number of rotatable bonds is 2. The number of nitrogens with one attached hydrogen (secondary N) is 1. The lowest BCUT2D eigenvalue weighted by Gasteiger charge is -2.40. The highest BCUT2D eigenvalue weighted by Crippen LogP contribution is 2.34. The van der Waals surface area contributed by atoms with Crippen LogP contribution < -0.4 is 5.32 Å².